The van der Waals surface area contributed by atoms with Gasteiger partial charge in [0.2, 0.25) is 0 Å². The van der Waals surface area contributed by atoms with Crippen LogP contribution in [-0.2, 0) is 15.7 Å². The lowest BCUT2D eigenvalue weighted by atomic mass is 10.1. The van der Waals surface area contributed by atoms with Gasteiger partial charge >= 0.3 is 12.1 Å². The molecule has 0 radical (unpaired) electrons. The first-order valence-electron chi connectivity index (χ1n) is 6.45. The molecule has 1 aromatic rings. The topological polar surface area (TPSA) is 35.5 Å². The van der Waals surface area contributed by atoms with E-state index in [0.29, 0.717) is 6.42 Å². The average molecular weight is 360 g/mol. The molecule has 0 bridgehead atoms. The van der Waals surface area contributed by atoms with Gasteiger partial charge in [0.15, 0.2) is 23.3 Å². The number of halogens is 7. The van der Waals surface area contributed by atoms with Crippen molar-refractivity contribution < 1.29 is 45.0 Å². The molecule has 0 fully saturated rings. The third-order valence-corrected chi connectivity index (χ3v) is 2.76. The molecule has 0 saturated carbocycles. The molecule has 3 nitrogen and oxygen atoms in total. The van der Waals surface area contributed by atoms with E-state index in [1.54, 1.807) is 0 Å². The van der Waals surface area contributed by atoms with Crippen molar-refractivity contribution in [1.82, 2.24) is 0 Å². The number of hydrogen-bond donors (Lipinski definition) is 0. The molecule has 1 rings (SSSR count). The second-order valence-corrected chi connectivity index (χ2v) is 4.38. The van der Waals surface area contributed by atoms with Crippen LogP contribution in [0.2, 0.25) is 0 Å². The summed E-state index contributed by atoms with van der Waals surface area (Å²) in [5, 5.41) is 0. The minimum absolute atomic E-state index is 0.151. The fraction of sp³-hybridized carbons (Fsp3) is 0.357. The highest BCUT2D eigenvalue weighted by Crippen LogP contribution is 2.37. The Morgan fingerprint density at radius 3 is 2.08 bits per heavy atom. The van der Waals surface area contributed by atoms with Crippen molar-refractivity contribution in [3.8, 4) is 0 Å². The van der Waals surface area contributed by atoms with E-state index in [2.05, 4.69) is 11.3 Å². The molecule has 10 heteroatoms. The number of benzene rings is 1. The largest absolute Gasteiger partial charge is 0.502 e. The fourth-order valence-electron chi connectivity index (χ4n) is 1.67. The maximum Gasteiger partial charge on any atom is 0.422 e. The van der Waals surface area contributed by atoms with E-state index in [9.17, 15) is 35.5 Å². The Morgan fingerprint density at radius 1 is 0.958 bits per heavy atom. The van der Waals surface area contributed by atoms with Crippen molar-refractivity contribution in [3.05, 3.63) is 47.2 Å². The normalized spacial score (nSPS) is 11.3. The summed E-state index contributed by atoms with van der Waals surface area (Å²) in [5.74, 6) is -12.2. The maximum atomic E-state index is 13.7. The van der Waals surface area contributed by atoms with Crippen molar-refractivity contribution in [3.63, 3.8) is 0 Å². The van der Waals surface area contributed by atoms with Crippen molar-refractivity contribution in [2.24, 2.45) is 0 Å². The first kappa shape index (κ1) is 19.8. The maximum absolute atomic E-state index is 13.7. The molecular formula is C14H11F7O3. The molecule has 0 aliphatic rings. The molecule has 0 amide bonds. The Hall–Kier alpha value is -2.26. The van der Waals surface area contributed by atoms with Gasteiger partial charge in [-0.2, -0.15) is 13.2 Å². The second kappa shape index (κ2) is 8.02. The van der Waals surface area contributed by atoms with E-state index >= 15 is 0 Å². The zero-order valence-electron chi connectivity index (χ0n) is 12.0. The van der Waals surface area contributed by atoms with E-state index in [1.807, 2.05) is 0 Å². The van der Waals surface area contributed by atoms with Gasteiger partial charge in [-0.15, -0.1) is 0 Å². The van der Waals surface area contributed by atoms with E-state index in [4.69, 9.17) is 4.74 Å². The van der Waals surface area contributed by atoms with Gasteiger partial charge in [-0.3, -0.25) is 0 Å². The predicted octanol–water partition coefficient (Wildman–Crippen LogP) is 4.36. The molecule has 0 unspecified atom stereocenters. The van der Waals surface area contributed by atoms with Gasteiger partial charge in [0.1, 0.15) is 11.1 Å². The lowest BCUT2D eigenvalue weighted by molar-refractivity contribution is -0.142. The van der Waals surface area contributed by atoms with Gasteiger partial charge in [-0.25, -0.2) is 22.4 Å². The number of carbonyl (C=O) groups is 1. The van der Waals surface area contributed by atoms with Crippen LogP contribution in [0.1, 0.15) is 28.8 Å². The summed E-state index contributed by atoms with van der Waals surface area (Å²) in [6, 6.07) is 0. The number of rotatable bonds is 7. The lowest BCUT2D eigenvalue weighted by Gasteiger charge is -2.14. The van der Waals surface area contributed by atoms with E-state index in [0.717, 1.165) is 6.26 Å². The molecule has 0 aliphatic heterocycles. The Balaban J connectivity index is 3.00. The number of esters is 1. The monoisotopic (exact) mass is 360 g/mol. The molecule has 0 heterocycles. The molecule has 1 aromatic carbocycles. The van der Waals surface area contributed by atoms with Gasteiger partial charge < -0.3 is 9.47 Å². The predicted molar refractivity (Wildman–Crippen MR) is 66.9 cm³/mol. The molecule has 0 saturated heterocycles. The van der Waals surface area contributed by atoms with Crippen LogP contribution in [-0.4, -0.2) is 19.2 Å². The third-order valence-electron chi connectivity index (χ3n) is 2.76. The van der Waals surface area contributed by atoms with Crippen LogP contribution in [0.15, 0.2) is 12.8 Å². The number of hydrogen-bond acceptors (Lipinski definition) is 3. The SMILES string of the molecule is C=COCCCCOC(=O)c1c(F)c(F)c(F)c(C(F)(F)F)c1F. The van der Waals surface area contributed by atoms with Crippen LogP contribution in [0.25, 0.3) is 0 Å². The fourth-order valence-corrected chi connectivity index (χ4v) is 1.67. The lowest BCUT2D eigenvalue weighted by Crippen LogP contribution is -2.21. The molecular weight excluding hydrogens is 349 g/mol. The summed E-state index contributed by atoms with van der Waals surface area (Å²) < 4.78 is 100. The quantitative estimate of drug-likeness (QED) is 0.181. The van der Waals surface area contributed by atoms with Crippen LogP contribution >= 0.6 is 0 Å². The smallest absolute Gasteiger partial charge is 0.422 e. The van der Waals surface area contributed by atoms with Crippen LogP contribution in [0.5, 0.6) is 0 Å². The molecule has 0 spiro atoms. The molecule has 0 aromatic heterocycles. The molecule has 0 N–H and O–H groups in total. The van der Waals surface area contributed by atoms with Crippen LogP contribution < -0.4 is 0 Å². The molecule has 24 heavy (non-hydrogen) atoms. The Labute approximate surface area is 131 Å². The summed E-state index contributed by atoms with van der Waals surface area (Å²) in [7, 11) is 0. The second-order valence-electron chi connectivity index (χ2n) is 4.38. The van der Waals surface area contributed by atoms with E-state index < -0.39 is 53.1 Å². The minimum atomic E-state index is -5.67. The minimum Gasteiger partial charge on any atom is -0.502 e. The Bertz CT molecular complexity index is 626. The van der Waals surface area contributed by atoms with Crippen molar-refractivity contribution in [2.75, 3.05) is 13.2 Å². The molecule has 0 aliphatic carbocycles. The van der Waals surface area contributed by atoms with E-state index in [-0.39, 0.29) is 13.0 Å². The molecule has 134 valence electrons. The highest BCUT2D eigenvalue weighted by atomic mass is 19.4. The van der Waals surface area contributed by atoms with Crippen molar-refractivity contribution >= 4 is 5.97 Å². The standard InChI is InChI=1S/C14H11F7O3/c1-2-23-5-3-4-6-24-13(22)7-9(15)8(14(19,20)21)11(17)12(18)10(7)16/h2H,1,3-6H2. The van der Waals surface area contributed by atoms with Crippen LogP contribution in [0.3, 0.4) is 0 Å². The van der Waals surface area contributed by atoms with Gasteiger partial charge in [0.25, 0.3) is 0 Å². The first-order chi connectivity index (χ1) is 11.1. The summed E-state index contributed by atoms with van der Waals surface area (Å²) in [4.78, 5) is 11.5. The summed E-state index contributed by atoms with van der Waals surface area (Å²) in [6.45, 7) is 3.04. The van der Waals surface area contributed by atoms with Gasteiger partial charge in [-0.05, 0) is 12.8 Å². The van der Waals surface area contributed by atoms with Crippen molar-refractivity contribution in [1.29, 1.82) is 0 Å². The zero-order valence-corrected chi connectivity index (χ0v) is 12.0. The Morgan fingerprint density at radius 2 is 1.54 bits per heavy atom. The summed E-state index contributed by atoms with van der Waals surface area (Å²) >= 11 is 0. The summed E-state index contributed by atoms with van der Waals surface area (Å²) in [6.07, 6.45) is -4.02. The number of carbonyl (C=O) groups excluding carboxylic acids is 1. The van der Waals surface area contributed by atoms with Crippen LogP contribution in [0.4, 0.5) is 30.7 Å². The first-order valence-corrected chi connectivity index (χ1v) is 6.45. The van der Waals surface area contributed by atoms with Crippen molar-refractivity contribution in [2.45, 2.75) is 19.0 Å². The average Bonchev–Trinajstić information content (AvgIpc) is 2.47. The van der Waals surface area contributed by atoms with Gasteiger partial charge in [0.05, 0.1) is 19.5 Å². The molecule has 0 atom stereocenters. The number of ether oxygens (including phenoxy) is 2. The summed E-state index contributed by atoms with van der Waals surface area (Å²) in [5.41, 5.74) is -4.64. The number of unbranched alkanes of at least 4 members (excludes halogenated alkanes) is 1. The van der Waals surface area contributed by atoms with E-state index in [1.165, 1.54) is 0 Å². The zero-order chi connectivity index (χ0) is 18.5. The van der Waals surface area contributed by atoms with Gasteiger partial charge in [0, 0.05) is 0 Å². The van der Waals surface area contributed by atoms with Crippen LogP contribution in [0, 0.1) is 23.3 Å². The number of alkyl halides is 3. The highest BCUT2D eigenvalue weighted by Gasteiger charge is 2.43. The van der Waals surface area contributed by atoms with Gasteiger partial charge in [-0.1, -0.05) is 6.58 Å². The third kappa shape index (κ3) is 4.39. The Kier molecular flexibility index (Phi) is 6.61. The highest BCUT2D eigenvalue weighted by molar-refractivity contribution is 5.90.